The van der Waals surface area contributed by atoms with E-state index in [1.54, 1.807) is 0 Å². The molecule has 1 saturated heterocycles. The maximum absolute atomic E-state index is 3.71. The van der Waals surface area contributed by atoms with Crippen molar-refractivity contribution in [3.8, 4) is 0 Å². The first-order chi connectivity index (χ1) is 10.1. The van der Waals surface area contributed by atoms with Crippen LogP contribution in [0, 0.1) is 20.8 Å². The molecule has 2 nitrogen and oxygen atoms in total. The normalized spacial score (nSPS) is 22.8. The molecule has 21 heavy (non-hydrogen) atoms. The highest BCUT2D eigenvalue weighted by atomic mass is 15.2. The predicted molar refractivity (Wildman–Crippen MR) is 89.7 cm³/mol. The minimum Gasteiger partial charge on any atom is -0.313 e. The van der Waals surface area contributed by atoms with Crippen molar-refractivity contribution < 1.29 is 0 Å². The van der Waals surface area contributed by atoms with Crippen molar-refractivity contribution in [1.29, 1.82) is 0 Å². The molecule has 0 bridgehead atoms. The van der Waals surface area contributed by atoms with Gasteiger partial charge in [-0.2, -0.15) is 0 Å². The molecule has 3 rings (SSSR count). The van der Waals surface area contributed by atoms with E-state index in [9.17, 15) is 0 Å². The van der Waals surface area contributed by atoms with Crippen LogP contribution in [0.4, 0.5) is 0 Å². The Hall–Kier alpha value is -0.860. The summed E-state index contributed by atoms with van der Waals surface area (Å²) >= 11 is 0. The lowest BCUT2D eigenvalue weighted by Crippen LogP contribution is -2.44. The molecule has 0 amide bonds. The minimum atomic E-state index is 0.714. The number of piperidine rings is 1. The molecule has 2 fully saturated rings. The van der Waals surface area contributed by atoms with Crippen LogP contribution in [0.2, 0.25) is 0 Å². The summed E-state index contributed by atoms with van der Waals surface area (Å²) in [7, 11) is 0. The van der Waals surface area contributed by atoms with Crippen molar-refractivity contribution in [2.45, 2.75) is 71.5 Å². The Bertz CT molecular complexity index is 485. The summed E-state index contributed by atoms with van der Waals surface area (Å²) in [5, 5.41) is 3.71. The summed E-state index contributed by atoms with van der Waals surface area (Å²) in [5.74, 6) is 0. The zero-order chi connectivity index (χ0) is 14.8. The topological polar surface area (TPSA) is 15.3 Å². The van der Waals surface area contributed by atoms with Gasteiger partial charge in [-0.25, -0.2) is 0 Å². The van der Waals surface area contributed by atoms with Gasteiger partial charge in [-0.15, -0.1) is 0 Å². The molecule has 1 unspecified atom stereocenters. The van der Waals surface area contributed by atoms with Gasteiger partial charge in [0.2, 0.25) is 0 Å². The van der Waals surface area contributed by atoms with Crippen molar-refractivity contribution in [2.75, 3.05) is 13.1 Å². The van der Waals surface area contributed by atoms with Gasteiger partial charge in [0.15, 0.2) is 0 Å². The number of benzene rings is 1. The first-order valence-corrected chi connectivity index (χ1v) is 8.67. The van der Waals surface area contributed by atoms with Gasteiger partial charge >= 0.3 is 0 Å². The zero-order valence-corrected chi connectivity index (χ0v) is 13.9. The predicted octanol–water partition coefficient (Wildman–Crippen LogP) is 3.72. The molecular weight excluding hydrogens is 256 g/mol. The summed E-state index contributed by atoms with van der Waals surface area (Å²) in [4.78, 5) is 2.74. The molecule has 0 radical (unpaired) electrons. The Kier molecular flexibility index (Phi) is 4.66. The number of aryl methyl sites for hydroxylation is 3. The van der Waals surface area contributed by atoms with Gasteiger partial charge in [0.25, 0.3) is 0 Å². The molecule has 1 saturated carbocycles. The number of nitrogens with zero attached hydrogens (tertiary/aromatic N) is 1. The van der Waals surface area contributed by atoms with Crippen LogP contribution in [-0.4, -0.2) is 30.1 Å². The lowest BCUT2D eigenvalue weighted by molar-refractivity contribution is 0.208. The summed E-state index contributed by atoms with van der Waals surface area (Å²) in [6.07, 6.45) is 6.91. The Morgan fingerprint density at radius 1 is 1.00 bits per heavy atom. The number of hydrogen-bond donors (Lipinski definition) is 1. The van der Waals surface area contributed by atoms with E-state index in [0.29, 0.717) is 6.04 Å². The van der Waals surface area contributed by atoms with Gasteiger partial charge in [-0.1, -0.05) is 18.6 Å². The third-order valence-corrected chi connectivity index (χ3v) is 5.26. The van der Waals surface area contributed by atoms with Crippen LogP contribution in [0.3, 0.4) is 0 Å². The lowest BCUT2D eigenvalue weighted by Gasteiger charge is -2.31. The molecule has 2 heteroatoms. The fraction of sp³-hybridized carbons (Fsp3) is 0.684. The molecule has 0 spiro atoms. The fourth-order valence-corrected chi connectivity index (χ4v) is 3.55. The zero-order valence-electron chi connectivity index (χ0n) is 13.9. The van der Waals surface area contributed by atoms with E-state index in [-0.39, 0.29) is 0 Å². The largest absolute Gasteiger partial charge is 0.313 e. The van der Waals surface area contributed by atoms with Gasteiger partial charge in [-0.05, 0) is 75.3 Å². The molecule has 0 aromatic heterocycles. The van der Waals surface area contributed by atoms with Gasteiger partial charge in [-0.3, -0.25) is 4.90 Å². The van der Waals surface area contributed by atoms with E-state index < -0.39 is 0 Å². The van der Waals surface area contributed by atoms with Gasteiger partial charge in [0, 0.05) is 25.2 Å². The van der Waals surface area contributed by atoms with Gasteiger partial charge in [0.1, 0.15) is 0 Å². The summed E-state index contributed by atoms with van der Waals surface area (Å²) in [6, 6.07) is 6.32. The van der Waals surface area contributed by atoms with E-state index in [1.165, 1.54) is 67.4 Å². The van der Waals surface area contributed by atoms with Crippen molar-refractivity contribution in [2.24, 2.45) is 0 Å². The third-order valence-electron chi connectivity index (χ3n) is 5.26. The first-order valence-electron chi connectivity index (χ1n) is 8.67. The van der Waals surface area contributed by atoms with Crippen molar-refractivity contribution in [3.05, 3.63) is 34.4 Å². The van der Waals surface area contributed by atoms with Gasteiger partial charge in [0.05, 0.1) is 0 Å². The highest BCUT2D eigenvalue weighted by Crippen LogP contribution is 2.30. The first kappa shape index (κ1) is 15.1. The van der Waals surface area contributed by atoms with E-state index in [0.717, 1.165) is 12.6 Å². The second-order valence-corrected chi connectivity index (χ2v) is 7.17. The molecule has 116 valence electrons. The van der Waals surface area contributed by atoms with Crippen LogP contribution in [0.15, 0.2) is 12.1 Å². The molecule has 1 aromatic rings. The Balaban J connectivity index is 1.68. The van der Waals surface area contributed by atoms with E-state index in [1.807, 2.05) is 0 Å². The van der Waals surface area contributed by atoms with Gasteiger partial charge < -0.3 is 5.32 Å². The number of rotatable bonds is 5. The van der Waals surface area contributed by atoms with Crippen LogP contribution < -0.4 is 5.32 Å². The van der Waals surface area contributed by atoms with Crippen LogP contribution in [-0.2, 0) is 6.54 Å². The SMILES string of the molecule is Cc1cc(C)c(CN(CC2CCCCN2)C2CC2)cc1C. The maximum Gasteiger partial charge on any atom is 0.0240 e. The molecular formula is C19H30N2. The van der Waals surface area contributed by atoms with E-state index in [4.69, 9.17) is 0 Å². The smallest absolute Gasteiger partial charge is 0.0240 e. The quantitative estimate of drug-likeness (QED) is 0.887. The van der Waals surface area contributed by atoms with Crippen molar-refractivity contribution in [1.82, 2.24) is 10.2 Å². The fourth-order valence-electron chi connectivity index (χ4n) is 3.55. The second kappa shape index (κ2) is 6.50. The molecule has 1 N–H and O–H groups in total. The molecule has 1 aliphatic carbocycles. The summed E-state index contributed by atoms with van der Waals surface area (Å²) < 4.78 is 0. The Labute approximate surface area is 129 Å². The standard InChI is InChI=1S/C19H30N2/c1-14-10-16(3)17(11-15(14)2)12-21(19-7-8-19)13-18-6-4-5-9-20-18/h10-11,18-20H,4-9,12-13H2,1-3H3. The maximum atomic E-state index is 3.71. The number of hydrogen-bond acceptors (Lipinski definition) is 2. The molecule has 2 aliphatic rings. The monoisotopic (exact) mass is 286 g/mol. The average molecular weight is 286 g/mol. The number of nitrogens with one attached hydrogen (secondary N) is 1. The summed E-state index contributed by atoms with van der Waals surface area (Å²) in [6.45, 7) is 10.3. The molecule has 1 heterocycles. The van der Waals surface area contributed by atoms with Crippen LogP contribution in [0.25, 0.3) is 0 Å². The average Bonchev–Trinajstić information content (AvgIpc) is 3.29. The summed E-state index contributed by atoms with van der Waals surface area (Å²) in [5.41, 5.74) is 5.84. The van der Waals surface area contributed by atoms with Crippen LogP contribution >= 0.6 is 0 Å². The molecule has 1 aromatic carbocycles. The Morgan fingerprint density at radius 3 is 2.43 bits per heavy atom. The third kappa shape index (κ3) is 3.87. The van der Waals surface area contributed by atoms with Crippen molar-refractivity contribution >= 4 is 0 Å². The second-order valence-electron chi connectivity index (χ2n) is 7.17. The highest BCUT2D eigenvalue weighted by Gasteiger charge is 2.31. The molecule has 1 atom stereocenters. The van der Waals surface area contributed by atoms with E-state index >= 15 is 0 Å². The van der Waals surface area contributed by atoms with Crippen LogP contribution in [0.1, 0.15) is 54.4 Å². The lowest BCUT2D eigenvalue weighted by atomic mass is 9.99. The minimum absolute atomic E-state index is 0.714. The molecule has 1 aliphatic heterocycles. The van der Waals surface area contributed by atoms with Crippen molar-refractivity contribution in [3.63, 3.8) is 0 Å². The van der Waals surface area contributed by atoms with E-state index in [2.05, 4.69) is 43.1 Å². The Morgan fingerprint density at radius 2 is 1.76 bits per heavy atom. The van der Waals surface area contributed by atoms with Crippen LogP contribution in [0.5, 0.6) is 0 Å². The highest BCUT2D eigenvalue weighted by molar-refractivity contribution is 5.36.